The minimum atomic E-state index is 0. The highest BCUT2D eigenvalue weighted by molar-refractivity contribution is 5.85. The minimum absolute atomic E-state index is 0. The summed E-state index contributed by atoms with van der Waals surface area (Å²) in [6, 6.07) is 1.35. The maximum atomic E-state index is 11.8. The Morgan fingerprint density at radius 3 is 2.60 bits per heavy atom. The van der Waals surface area contributed by atoms with Crippen molar-refractivity contribution in [3.05, 3.63) is 0 Å². The van der Waals surface area contributed by atoms with Crippen LogP contribution in [0.3, 0.4) is 0 Å². The normalized spacial score (nSPS) is 27.9. The molecule has 2 fully saturated rings. The number of piperidine rings is 1. The molecule has 0 spiro atoms. The van der Waals surface area contributed by atoms with Crippen LogP contribution in [-0.2, 0) is 9.53 Å². The van der Waals surface area contributed by atoms with Crippen LogP contribution in [0.1, 0.15) is 51.9 Å². The molecule has 2 saturated heterocycles. The Morgan fingerprint density at radius 2 is 1.95 bits per heavy atom. The van der Waals surface area contributed by atoms with E-state index < -0.39 is 0 Å². The van der Waals surface area contributed by atoms with Gasteiger partial charge in [0.2, 0.25) is 5.91 Å². The first-order chi connectivity index (χ1) is 9.28. The van der Waals surface area contributed by atoms with Crippen molar-refractivity contribution in [1.82, 2.24) is 10.6 Å². The number of unbranched alkanes of at least 4 members (excludes halogenated alkanes) is 1. The molecule has 2 heterocycles. The van der Waals surface area contributed by atoms with Gasteiger partial charge in [-0.1, -0.05) is 13.3 Å². The predicted octanol–water partition coefficient (Wildman–Crippen LogP) is 2.26. The van der Waals surface area contributed by atoms with Crippen molar-refractivity contribution in [2.24, 2.45) is 5.92 Å². The summed E-state index contributed by atoms with van der Waals surface area (Å²) in [6.07, 6.45) is 7.91. The highest BCUT2D eigenvalue weighted by Crippen LogP contribution is 2.32. The van der Waals surface area contributed by atoms with Gasteiger partial charge < -0.3 is 15.4 Å². The van der Waals surface area contributed by atoms with Crippen LogP contribution in [0, 0.1) is 5.92 Å². The summed E-state index contributed by atoms with van der Waals surface area (Å²) in [7, 11) is 0. The van der Waals surface area contributed by atoms with Gasteiger partial charge in [0.15, 0.2) is 0 Å². The lowest BCUT2D eigenvalue weighted by Crippen LogP contribution is -2.40. The van der Waals surface area contributed by atoms with Crippen molar-refractivity contribution in [2.45, 2.75) is 64.0 Å². The number of nitrogens with one attached hydrogen (secondary N) is 2. The number of hydrogen-bond acceptors (Lipinski definition) is 3. The molecule has 0 saturated carbocycles. The Hall–Kier alpha value is -0.320. The van der Waals surface area contributed by atoms with E-state index in [1.165, 1.54) is 25.7 Å². The molecule has 4 nitrogen and oxygen atoms in total. The average molecular weight is 305 g/mol. The fourth-order valence-corrected chi connectivity index (χ4v) is 3.29. The van der Waals surface area contributed by atoms with Crippen LogP contribution >= 0.6 is 12.4 Å². The second-order valence-electron chi connectivity index (χ2n) is 6.00. The molecule has 20 heavy (non-hydrogen) atoms. The number of halogens is 1. The molecule has 0 aromatic heterocycles. The van der Waals surface area contributed by atoms with E-state index in [2.05, 4.69) is 17.6 Å². The lowest BCUT2D eigenvalue weighted by atomic mass is 9.89. The van der Waals surface area contributed by atoms with Gasteiger partial charge >= 0.3 is 0 Å². The van der Waals surface area contributed by atoms with Crippen LogP contribution in [0.5, 0.6) is 0 Å². The molecule has 2 aliphatic rings. The van der Waals surface area contributed by atoms with Gasteiger partial charge in [0.25, 0.3) is 0 Å². The smallest absolute Gasteiger partial charge is 0.220 e. The first-order valence-corrected chi connectivity index (χ1v) is 7.88. The van der Waals surface area contributed by atoms with Gasteiger partial charge in [-0.25, -0.2) is 0 Å². The zero-order valence-electron chi connectivity index (χ0n) is 12.5. The van der Waals surface area contributed by atoms with Crippen molar-refractivity contribution in [2.75, 3.05) is 19.8 Å². The molecular weight excluding hydrogens is 276 g/mol. The zero-order valence-corrected chi connectivity index (χ0v) is 13.3. The molecule has 0 aromatic carbocycles. The Labute approximate surface area is 128 Å². The van der Waals surface area contributed by atoms with Crippen molar-refractivity contribution in [3.8, 4) is 0 Å². The van der Waals surface area contributed by atoms with Crippen molar-refractivity contribution >= 4 is 18.3 Å². The second-order valence-corrected chi connectivity index (χ2v) is 6.00. The predicted molar refractivity (Wildman–Crippen MR) is 83.3 cm³/mol. The maximum absolute atomic E-state index is 11.8. The van der Waals surface area contributed by atoms with E-state index in [0.29, 0.717) is 37.6 Å². The van der Waals surface area contributed by atoms with Gasteiger partial charge in [-0.05, 0) is 38.0 Å². The van der Waals surface area contributed by atoms with E-state index >= 15 is 0 Å². The summed E-state index contributed by atoms with van der Waals surface area (Å²) in [4.78, 5) is 11.8. The monoisotopic (exact) mass is 304 g/mol. The number of ether oxygens (including phenoxy) is 1. The number of fused-ring (bicyclic) bond motifs is 2. The largest absolute Gasteiger partial charge is 0.380 e. The molecule has 1 amide bonds. The molecule has 0 aliphatic carbocycles. The molecule has 0 aromatic rings. The Kier molecular flexibility index (Phi) is 8.50. The first kappa shape index (κ1) is 17.7. The fraction of sp³-hybridized carbons (Fsp3) is 0.933. The summed E-state index contributed by atoms with van der Waals surface area (Å²) >= 11 is 0. The third kappa shape index (κ3) is 5.98. The van der Waals surface area contributed by atoms with Crippen LogP contribution < -0.4 is 10.6 Å². The van der Waals surface area contributed by atoms with E-state index in [9.17, 15) is 4.79 Å². The zero-order chi connectivity index (χ0) is 13.5. The lowest BCUT2D eigenvalue weighted by molar-refractivity contribution is -0.122. The summed E-state index contributed by atoms with van der Waals surface area (Å²) in [5.41, 5.74) is 0. The summed E-state index contributed by atoms with van der Waals surface area (Å²) in [5, 5.41) is 6.59. The lowest BCUT2D eigenvalue weighted by Gasteiger charge is -2.28. The third-order valence-corrected chi connectivity index (χ3v) is 4.26. The third-order valence-electron chi connectivity index (χ3n) is 4.26. The molecule has 5 heteroatoms. The van der Waals surface area contributed by atoms with Gasteiger partial charge in [-0.2, -0.15) is 0 Å². The Bertz CT molecular complexity index is 277. The highest BCUT2D eigenvalue weighted by atomic mass is 35.5. The Balaban J connectivity index is 0.00000200. The molecule has 118 valence electrons. The molecular formula is C15H29ClN2O2. The van der Waals surface area contributed by atoms with Gasteiger partial charge in [-0.15, -0.1) is 12.4 Å². The van der Waals surface area contributed by atoms with Crippen molar-refractivity contribution < 1.29 is 9.53 Å². The number of rotatable bonds is 8. The first-order valence-electron chi connectivity index (χ1n) is 7.88. The SMILES string of the molecule is CCCCOCCNC(=O)CC1CC2CCC(C1)N2.Cl. The van der Waals surface area contributed by atoms with Gasteiger partial charge in [0, 0.05) is 31.7 Å². The molecule has 2 atom stereocenters. The molecule has 2 bridgehead atoms. The summed E-state index contributed by atoms with van der Waals surface area (Å²) in [5.74, 6) is 0.783. The molecule has 2 rings (SSSR count). The number of hydrogen-bond donors (Lipinski definition) is 2. The molecule has 2 aliphatic heterocycles. The summed E-state index contributed by atoms with van der Waals surface area (Å²) in [6.45, 7) is 4.25. The van der Waals surface area contributed by atoms with Crippen LogP contribution in [0.25, 0.3) is 0 Å². The number of carbonyl (C=O) groups excluding carboxylic acids is 1. The van der Waals surface area contributed by atoms with E-state index in [-0.39, 0.29) is 18.3 Å². The van der Waals surface area contributed by atoms with Crippen LogP contribution in [0.15, 0.2) is 0 Å². The van der Waals surface area contributed by atoms with E-state index in [4.69, 9.17) is 4.74 Å². The van der Waals surface area contributed by atoms with Crippen molar-refractivity contribution in [1.29, 1.82) is 0 Å². The van der Waals surface area contributed by atoms with E-state index in [0.717, 1.165) is 19.4 Å². The molecule has 0 radical (unpaired) electrons. The van der Waals surface area contributed by atoms with Gasteiger partial charge in [0.1, 0.15) is 0 Å². The van der Waals surface area contributed by atoms with E-state index in [1.54, 1.807) is 0 Å². The number of carbonyl (C=O) groups is 1. The topological polar surface area (TPSA) is 50.4 Å². The summed E-state index contributed by atoms with van der Waals surface area (Å²) < 4.78 is 5.43. The van der Waals surface area contributed by atoms with Crippen LogP contribution in [0.2, 0.25) is 0 Å². The van der Waals surface area contributed by atoms with Crippen LogP contribution in [0.4, 0.5) is 0 Å². The highest BCUT2D eigenvalue weighted by Gasteiger charge is 2.33. The van der Waals surface area contributed by atoms with Gasteiger partial charge in [-0.3, -0.25) is 4.79 Å². The fourth-order valence-electron chi connectivity index (χ4n) is 3.29. The van der Waals surface area contributed by atoms with Gasteiger partial charge in [0.05, 0.1) is 6.61 Å². The van der Waals surface area contributed by atoms with Crippen molar-refractivity contribution in [3.63, 3.8) is 0 Å². The minimum Gasteiger partial charge on any atom is -0.380 e. The number of amides is 1. The maximum Gasteiger partial charge on any atom is 0.220 e. The molecule has 2 unspecified atom stereocenters. The van der Waals surface area contributed by atoms with Crippen LogP contribution in [-0.4, -0.2) is 37.7 Å². The second kappa shape index (κ2) is 9.59. The quantitative estimate of drug-likeness (QED) is 0.676. The standard InChI is InChI=1S/C15H28N2O2.ClH/c1-2-3-7-19-8-6-16-15(18)11-12-9-13-4-5-14(10-12)17-13;/h12-14,17H,2-11H2,1H3,(H,16,18);1H. The molecule has 2 N–H and O–H groups in total. The van der Waals surface area contributed by atoms with E-state index in [1.807, 2.05) is 0 Å². The Morgan fingerprint density at radius 1 is 1.25 bits per heavy atom. The average Bonchev–Trinajstić information content (AvgIpc) is 2.73.